The van der Waals surface area contributed by atoms with Crippen LogP contribution in [0.4, 0.5) is 0 Å². The first-order chi connectivity index (χ1) is 26.9. The molecular weight excluding hydrogens is 657 g/mol. The molecule has 5 rings (SSSR count). The van der Waals surface area contributed by atoms with Crippen LogP contribution in [0.3, 0.4) is 0 Å². The third-order valence-corrected chi connectivity index (χ3v) is 10.0. The van der Waals surface area contributed by atoms with Gasteiger partial charge in [-0.15, -0.1) is 0 Å². The molecule has 0 amide bonds. The van der Waals surface area contributed by atoms with Crippen LogP contribution in [0.15, 0.2) is 146 Å². The molecule has 1 aliphatic rings. The largest absolute Gasteiger partial charge is 0.310 e. The average molecular weight is 719 g/mol. The summed E-state index contributed by atoms with van der Waals surface area (Å²) in [6.45, 7) is 3.89. The molecular formula is C50H62N4+2. The first-order valence-electron chi connectivity index (χ1n) is 20.6. The SMILES string of the molecule is [C+]1=CC(c2ccccc2)NCCCCCCCCCN/C(c2ccccc2)=C/[C+]=CC(c2ccccc2)NCCCCCCCN/C(c2ccccc2)=C/1. The fraction of sp³-hybridized carbons (Fsp3) is 0.360. The molecule has 0 spiro atoms. The standard InChI is InChI=1S/C50H62N4/c1-2-5-21-39-51-47(43-27-13-9-14-28-43)35-25-37-49(45-31-17-11-18-32-45)53-41-23-7-4-8-24-42-54-50(46-33-19-12-20-34-46)38-26-36-48(52-40-22-6-3-1)44-29-15-10-16-30-44/h9-20,27-38,47,50-54H,1-8,21-24,39-42H2/q+2/b48-36+,49-37+. The lowest BCUT2D eigenvalue weighted by atomic mass is 10.0. The monoisotopic (exact) mass is 718 g/mol. The average Bonchev–Trinajstić information content (AvgIpc) is 3.23. The van der Waals surface area contributed by atoms with E-state index in [4.69, 9.17) is 0 Å². The van der Waals surface area contributed by atoms with Crippen molar-refractivity contribution in [3.8, 4) is 0 Å². The molecule has 2 unspecified atom stereocenters. The Bertz CT molecular complexity index is 1660. The van der Waals surface area contributed by atoms with Crippen molar-refractivity contribution in [2.24, 2.45) is 0 Å². The molecule has 4 nitrogen and oxygen atoms in total. The van der Waals surface area contributed by atoms with Crippen molar-refractivity contribution in [2.45, 2.75) is 89.1 Å². The lowest BCUT2D eigenvalue weighted by Gasteiger charge is -2.13. The Labute approximate surface area is 327 Å². The summed E-state index contributed by atoms with van der Waals surface area (Å²) in [6.07, 6.45) is 30.4. The molecule has 0 aromatic heterocycles. The van der Waals surface area contributed by atoms with Crippen molar-refractivity contribution in [3.05, 3.63) is 180 Å². The molecule has 0 bridgehead atoms. The van der Waals surface area contributed by atoms with Gasteiger partial charge < -0.3 is 21.3 Å². The Hall–Kier alpha value is -4.82. The normalized spacial score (nSPS) is 21.6. The van der Waals surface area contributed by atoms with E-state index in [0.29, 0.717) is 0 Å². The van der Waals surface area contributed by atoms with Gasteiger partial charge >= 0.3 is 0 Å². The molecule has 0 radical (unpaired) electrons. The Kier molecular flexibility index (Phi) is 18.9. The number of hydrogen-bond donors (Lipinski definition) is 4. The zero-order valence-corrected chi connectivity index (χ0v) is 32.3. The van der Waals surface area contributed by atoms with Crippen molar-refractivity contribution in [2.75, 3.05) is 26.2 Å². The predicted octanol–water partition coefficient (Wildman–Crippen LogP) is 11.3. The van der Waals surface area contributed by atoms with Gasteiger partial charge in [-0.3, -0.25) is 0 Å². The third kappa shape index (κ3) is 15.3. The van der Waals surface area contributed by atoms with Gasteiger partial charge in [0.15, 0.2) is 23.5 Å². The van der Waals surface area contributed by atoms with Gasteiger partial charge in [0, 0.05) is 13.1 Å². The summed E-state index contributed by atoms with van der Waals surface area (Å²) in [5.41, 5.74) is 7.20. The number of allylic oxidation sites excluding steroid dienone is 4. The van der Waals surface area contributed by atoms with Gasteiger partial charge in [-0.1, -0.05) is 148 Å². The second-order valence-electron chi connectivity index (χ2n) is 14.3. The Morgan fingerprint density at radius 3 is 1.04 bits per heavy atom. The quantitative estimate of drug-likeness (QED) is 0.159. The van der Waals surface area contributed by atoms with Crippen LogP contribution in [0, 0.1) is 12.2 Å². The first-order valence-corrected chi connectivity index (χ1v) is 20.6. The lowest BCUT2D eigenvalue weighted by molar-refractivity contribution is 0.539. The van der Waals surface area contributed by atoms with E-state index in [9.17, 15) is 0 Å². The maximum absolute atomic E-state index is 3.81. The zero-order chi connectivity index (χ0) is 37.1. The van der Waals surface area contributed by atoms with Gasteiger partial charge in [-0.05, 0) is 74.2 Å². The number of nitrogens with one attached hydrogen (secondary N) is 4. The van der Waals surface area contributed by atoms with Crippen LogP contribution in [0.25, 0.3) is 11.4 Å². The van der Waals surface area contributed by atoms with Crippen LogP contribution in [0.5, 0.6) is 0 Å². The first kappa shape index (κ1) is 40.4. The minimum absolute atomic E-state index is 0.122. The highest BCUT2D eigenvalue weighted by Gasteiger charge is 2.14. The van der Waals surface area contributed by atoms with Crippen LogP contribution < -0.4 is 21.3 Å². The van der Waals surface area contributed by atoms with Crippen LogP contribution >= 0.6 is 0 Å². The molecule has 0 saturated carbocycles. The fourth-order valence-corrected chi connectivity index (χ4v) is 6.91. The highest BCUT2D eigenvalue weighted by Crippen LogP contribution is 2.19. The molecule has 2 atom stereocenters. The van der Waals surface area contributed by atoms with Crippen molar-refractivity contribution >= 4 is 11.4 Å². The van der Waals surface area contributed by atoms with Gasteiger partial charge in [0.05, 0.1) is 47.5 Å². The summed E-state index contributed by atoms with van der Waals surface area (Å²) in [7, 11) is 0. The summed E-state index contributed by atoms with van der Waals surface area (Å²) >= 11 is 0. The minimum Gasteiger partial charge on any atom is -0.310 e. The minimum atomic E-state index is 0.122. The second-order valence-corrected chi connectivity index (χ2v) is 14.3. The van der Waals surface area contributed by atoms with E-state index >= 15 is 0 Å². The van der Waals surface area contributed by atoms with E-state index in [2.05, 4.69) is 179 Å². The highest BCUT2D eigenvalue weighted by atomic mass is 14.9. The zero-order valence-electron chi connectivity index (χ0n) is 32.3. The second kappa shape index (κ2) is 25.2. The van der Waals surface area contributed by atoms with Gasteiger partial charge in [0.25, 0.3) is 0 Å². The van der Waals surface area contributed by atoms with Crippen LogP contribution in [-0.4, -0.2) is 26.2 Å². The fourth-order valence-electron chi connectivity index (χ4n) is 6.91. The van der Waals surface area contributed by atoms with Crippen molar-refractivity contribution in [1.29, 1.82) is 0 Å². The third-order valence-electron chi connectivity index (χ3n) is 10.0. The number of hydrogen-bond acceptors (Lipinski definition) is 4. The number of rotatable bonds is 4. The Morgan fingerprint density at radius 2 is 0.667 bits per heavy atom. The molecule has 4 aromatic rings. The van der Waals surface area contributed by atoms with Crippen molar-refractivity contribution < 1.29 is 0 Å². The maximum atomic E-state index is 3.81. The van der Waals surface area contributed by atoms with E-state index < -0.39 is 0 Å². The maximum Gasteiger partial charge on any atom is 0.185 e. The molecule has 280 valence electrons. The number of benzene rings is 4. The molecule has 4 N–H and O–H groups in total. The van der Waals surface area contributed by atoms with Crippen LogP contribution in [0.1, 0.15) is 111 Å². The van der Waals surface area contributed by atoms with Gasteiger partial charge in [0.2, 0.25) is 0 Å². The van der Waals surface area contributed by atoms with E-state index in [1.54, 1.807) is 0 Å². The summed E-state index contributed by atoms with van der Waals surface area (Å²) in [5, 5.41) is 15.1. The van der Waals surface area contributed by atoms with E-state index in [1.165, 1.54) is 86.5 Å². The van der Waals surface area contributed by atoms with Crippen molar-refractivity contribution in [1.82, 2.24) is 21.3 Å². The molecule has 54 heavy (non-hydrogen) atoms. The molecule has 0 saturated heterocycles. The molecule has 1 heterocycles. The van der Waals surface area contributed by atoms with Crippen LogP contribution in [-0.2, 0) is 0 Å². The van der Waals surface area contributed by atoms with Gasteiger partial charge in [-0.25, -0.2) is 0 Å². The predicted molar refractivity (Wildman–Crippen MR) is 230 cm³/mol. The summed E-state index contributed by atoms with van der Waals surface area (Å²) in [6, 6.07) is 43.1. The Balaban J connectivity index is 1.23. The highest BCUT2D eigenvalue weighted by molar-refractivity contribution is 5.65. The van der Waals surface area contributed by atoms with Gasteiger partial charge in [-0.2, -0.15) is 0 Å². The molecule has 4 heteroatoms. The topological polar surface area (TPSA) is 48.1 Å². The smallest absolute Gasteiger partial charge is 0.185 e. The van der Waals surface area contributed by atoms with Crippen molar-refractivity contribution in [3.63, 3.8) is 0 Å². The van der Waals surface area contributed by atoms with Crippen LogP contribution in [0.2, 0.25) is 0 Å². The molecule has 4 aromatic carbocycles. The van der Waals surface area contributed by atoms with E-state index in [0.717, 1.165) is 50.4 Å². The van der Waals surface area contributed by atoms with E-state index in [-0.39, 0.29) is 12.1 Å². The Morgan fingerprint density at radius 1 is 0.352 bits per heavy atom. The summed E-state index contributed by atoms with van der Waals surface area (Å²) in [5.74, 6) is 0. The summed E-state index contributed by atoms with van der Waals surface area (Å²) in [4.78, 5) is 0. The van der Waals surface area contributed by atoms with Gasteiger partial charge in [0.1, 0.15) is 0 Å². The summed E-state index contributed by atoms with van der Waals surface area (Å²) < 4.78 is 0. The van der Waals surface area contributed by atoms with E-state index in [1.807, 2.05) is 0 Å². The molecule has 0 aliphatic carbocycles. The molecule has 1 aliphatic heterocycles. The molecule has 0 fully saturated rings. The lowest BCUT2D eigenvalue weighted by Crippen LogP contribution is -2.21.